The first kappa shape index (κ1) is 20.6. The highest BCUT2D eigenvalue weighted by molar-refractivity contribution is 7.99. The highest BCUT2D eigenvalue weighted by atomic mass is 32.2. The molecule has 0 saturated carbocycles. The zero-order chi connectivity index (χ0) is 19.3. The molecule has 0 aliphatic heterocycles. The second-order valence-electron chi connectivity index (χ2n) is 6.56. The van der Waals surface area contributed by atoms with Crippen LogP contribution in [-0.2, 0) is 14.3 Å². The second-order valence-corrected chi connectivity index (χ2v) is 8.70. The third kappa shape index (κ3) is 5.39. The van der Waals surface area contributed by atoms with Crippen LogP contribution in [0, 0.1) is 0 Å². The summed E-state index contributed by atoms with van der Waals surface area (Å²) < 4.78 is 4.81. The van der Waals surface area contributed by atoms with E-state index in [0.717, 1.165) is 16.2 Å². The molecule has 0 fully saturated rings. The predicted molar refractivity (Wildman–Crippen MR) is 109 cm³/mol. The first-order chi connectivity index (χ1) is 12.2. The average Bonchev–Trinajstić information content (AvgIpc) is 2.61. The third-order valence-corrected chi connectivity index (χ3v) is 5.64. The minimum absolute atomic E-state index is 0.129. The minimum atomic E-state index is -0.818. The lowest BCUT2D eigenvalue weighted by Crippen LogP contribution is -2.21. The number of ketones is 1. The number of rotatable bonds is 7. The van der Waals surface area contributed by atoms with Gasteiger partial charge in [0.05, 0.1) is 6.10 Å². The molecule has 0 aliphatic carbocycles. The fourth-order valence-corrected chi connectivity index (χ4v) is 3.25. The van der Waals surface area contributed by atoms with E-state index < -0.39 is 11.8 Å². The Morgan fingerprint density at radius 3 is 2.00 bits per heavy atom. The van der Waals surface area contributed by atoms with Crippen LogP contribution in [-0.4, -0.2) is 17.9 Å². The highest BCUT2D eigenvalue weighted by Gasteiger charge is 2.20. The molecule has 0 aliphatic rings. The molecule has 26 heavy (non-hydrogen) atoms. The average molecular weight is 389 g/mol. The van der Waals surface area contributed by atoms with Crippen LogP contribution in [0.2, 0.25) is 0 Å². The van der Waals surface area contributed by atoms with Gasteiger partial charge in [-0.3, -0.25) is 4.79 Å². The van der Waals surface area contributed by atoms with Crippen molar-refractivity contribution in [3.8, 4) is 0 Å². The van der Waals surface area contributed by atoms with Gasteiger partial charge in [0, 0.05) is 20.1 Å². The molecule has 2 aromatic rings. The van der Waals surface area contributed by atoms with Crippen LogP contribution in [0.15, 0.2) is 58.3 Å². The molecule has 138 valence electrons. The van der Waals surface area contributed by atoms with Crippen LogP contribution in [0.25, 0.3) is 0 Å². The fourth-order valence-electron chi connectivity index (χ4n) is 2.28. The maximum absolute atomic E-state index is 12.0. The SMILES string of the molecule is CCC(C)(S)c1ccc(Sc2ccc(C(=O)C(=O)OC(C)C)cc2)cc1. The van der Waals surface area contributed by atoms with Gasteiger partial charge in [-0.2, -0.15) is 12.6 Å². The molecule has 0 heterocycles. The van der Waals surface area contributed by atoms with Crippen LogP contribution >= 0.6 is 24.4 Å². The first-order valence-electron chi connectivity index (χ1n) is 8.59. The van der Waals surface area contributed by atoms with Crippen molar-refractivity contribution in [3.63, 3.8) is 0 Å². The van der Waals surface area contributed by atoms with E-state index in [1.54, 1.807) is 37.7 Å². The first-order valence-corrected chi connectivity index (χ1v) is 9.85. The maximum atomic E-state index is 12.0. The van der Waals surface area contributed by atoms with E-state index in [4.69, 9.17) is 17.4 Å². The zero-order valence-electron chi connectivity index (χ0n) is 15.5. The number of benzene rings is 2. The standard InChI is InChI=1S/C21H24O3S2/c1-5-21(4,25)16-8-12-18(13-9-16)26-17-10-6-15(7-11-17)19(22)20(23)24-14(2)3/h6-14,25H,5H2,1-4H3. The van der Waals surface area contributed by atoms with Crippen molar-refractivity contribution in [1.29, 1.82) is 0 Å². The van der Waals surface area contributed by atoms with Crippen molar-refractivity contribution in [2.45, 2.75) is 54.8 Å². The molecule has 0 spiro atoms. The Morgan fingerprint density at radius 2 is 1.54 bits per heavy atom. The number of carbonyl (C=O) groups is 2. The molecule has 2 aromatic carbocycles. The number of carbonyl (C=O) groups excluding carboxylic acids is 2. The van der Waals surface area contributed by atoms with Gasteiger partial charge in [0.15, 0.2) is 0 Å². The quantitative estimate of drug-likeness (QED) is 0.293. The van der Waals surface area contributed by atoms with Gasteiger partial charge in [0.1, 0.15) is 0 Å². The lowest BCUT2D eigenvalue weighted by Gasteiger charge is -2.22. The van der Waals surface area contributed by atoms with Crippen molar-refractivity contribution in [2.75, 3.05) is 0 Å². The summed E-state index contributed by atoms with van der Waals surface area (Å²) in [6.45, 7) is 7.66. The molecule has 1 unspecified atom stereocenters. The normalized spacial score (nSPS) is 13.3. The number of hydrogen-bond acceptors (Lipinski definition) is 5. The molecule has 2 rings (SSSR count). The summed E-state index contributed by atoms with van der Waals surface area (Å²) in [7, 11) is 0. The molecule has 0 aromatic heterocycles. The summed E-state index contributed by atoms with van der Waals surface area (Å²) in [5.74, 6) is -1.44. The van der Waals surface area contributed by atoms with Gasteiger partial charge in [-0.15, -0.1) is 0 Å². The monoisotopic (exact) mass is 388 g/mol. The van der Waals surface area contributed by atoms with Gasteiger partial charge >= 0.3 is 5.97 Å². The van der Waals surface area contributed by atoms with E-state index in [1.165, 1.54) is 5.56 Å². The molecule has 0 radical (unpaired) electrons. The van der Waals surface area contributed by atoms with Gasteiger partial charge in [-0.1, -0.05) is 30.8 Å². The number of ether oxygens (including phenoxy) is 1. The van der Waals surface area contributed by atoms with Gasteiger partial charge in [-0.05, 0) is 69.2 Å². The molecule has 0 amide bonds. The summed E-state index contributed by atoms with van der Waals surface area (Å²) in [4.78, 5) is 25.8. The molecular weight excluding hydrogens is 364 g/mol. The van der Waals surface area contributed by atoms with Crippen molar-refractivity contribution in [1.82, 2.24) is 0 Å². The van der Waals surface area contributed by atoms with E-state index >= 15 is 0 Å². The van der Waals surface area contributed by atoms with Crippen LogP contribution in [0.3, 0.4) is 0 Å². The highest BCUT2D eigenvalue weighted by Crippen LogP contribution is 2.34. The van der Waals surface area contributed by atoms with Crippen LogP contribution in [0.1, 0.15) is 50.0 Å². The van der Waals surface area contributed by atoms with E-state index in [-0.39, 0.29) is 10.9 Å². The van der Waals surface area contributed by atoms with Crippen LogP contribution in [0.4, 0.5) is 0 Å². The van der Waals surface area contributed by atoms with Crippen molar-refractivity contribution >= 4 is 36.1 Å². The maximum Gasteiger partial charge on any atom is 0.379 e. The van der Waals surface area contributed by atoms with E-state index in [9.17, 15) is 9.59 Å². The number of Topliss-reactive ketones (excluding diaryl/α,β-unsaturated/α-hetero) is 1. The Labute approximate surface area is 164 Å². The number of esters is 1. The van der Waals surface area contributed by atoms with Gasteiger partial charge < -0.3 is 4.74 Å². The Bertz CT molecular complexity index is 763. The predicted octanol–water partition coefficient (Wildman–Crippen LogP) is 5.53. The Morgan fingerprint density at radius 1 is 1.04 bits per heavy atom. The second kappa shape index (κ2) is 8.78. The Balaban J connectivity index is 2.05. The van der Waals surface area contributed by atoms with Crippen molar-refractivity contribution in [2.24, 2.45) is 0 Å². The third-order valence-electron chi connectivity index (χ3n) is 4.05. The molecular formula is C21H24O3S2. The van der Waals surface area contributed by atoms with E-state index in [2.05, 4.69) is 38.1 Å². The molecule has 5 heteroatoms. The summed E-state index contributed by atoms with van der Waals surface area (Å²) >= 11 is 6.30. The smallest absolute Gasteiger partial charge is 0.379 e. The largest absolute Gasteiger partial charge is 0.457 e. The van der Waals surface area contributed by atoms with Gasteiger partial charge in [0.2, 0.25) is 0 Å². The van der Waals surface area contributed by atoms with Gasteiger partial charge in [-0.25, -0.2) is 4.79 Å². The Kier molecular flexibility index (Phi) is 6.95. The molecule has 0 N–H and O–H groups in total. The molecule has 0 bridgehead atoms. The van der Waals surface area contributed by atoms with Crippen LogP contribution in [0.5, 0.6) is 0 Å². The van der Waals surface area contributed by atoms with E-state index in [1.807, 2.05) is 12.1 Å². The molecule has 0 saturated heterocycles. The summed E-state index contributed by atoms with van der Waals surface area (Å²) in [5.41, 5.74) is 1.53. The fraction of sp³-hybridized carbons (Fsp3) is 0.333. The lowest BCUT2D eigenvalue weighted by molar-refractivity contribution is -0.141. The van der Waals surface area contributed by atoms with Crippen LogP contribution < -0.4 is 0 Å². The molecule has 1 atom stereocenters. The van der Waals surface area contributed by atoms with Gasteiger partial charge in [0.25, 0.3) is 5.78 Å². The summed E-state index contributed by atoms with van der Waals surface area (Å²) in [5, 5.41) is 0. The topological polar surface area (TPSA) is 43.4 Å². The number of thiol groups is 1. The number of hydrogen-bond donors (Lipinski definition) is 1. The van der Waals surface area contributed by atoms with E-state index in [0.29, 0.717) is 5.56 Å². The molecule has 3 nitrogen and oxygen atoms in total. The van der Waals surface area contributed by atoms with Crippen molar-refractivity contribution in [3.05, 3.63) is 59.7 Å². The summed E-state index contributed by atoms with van der Waals surface area (Å²) in [6.07, 6.45) is 0.646. The van der Waals surface area contributed by atoms with Crippen molar-refractivity contribution < 1.29 is 14.3 Å². The Hall–Kier alpha value is -1.72. The minimum Gasteiger partial charge on any atom is -0.457 e. The summed E-state index contributed by atoms with van der Waals surface area (Å²) in [6, 6.07) is 15.3. The lowest BCUT2D eigenvalue weighted by atomic mass is 9.98. The zero-order valence-corrected chi connectivity index (χ0v) is 17.2.